The van der Waals surface area contributed by atoms with Crippen LogP contribution in [0.5, 0.6) is 0 Å². The molecular weight excluding hydrogens is 292 g/mol. The summed E-state index contributed by atoms with van der Waals surface area (Å²) in [5.41, 5.74) is 0.758. The number of carbonyl (C=O) groups excluding carboxylic acids is 1. The molecule has 0 aliphatic heterocycles. The molecule has 1 heterocycles. The number of carbonyl (C=O) groups is 1. The third kappa shape index (κ3) is 6.02. The number of aromatic nitrogens is 2. The standard InChI is InChI=1S/C17H24N4O2/c1-17(2,3)20-16(22)23-12-11-21(13-15-18-9-10-19-15)14-7-5-4-6-8-14/h4-10H,11-13H2,1-3H3,(H,18,19)(H,20,22). The molecular formula is C17H24N4O2. The number of benzene rings is 1. The maximum absolute atomic E-state index is 11.7. The highest BCUT2D eigenvalue weighted by Gasteiger charge is 2.15. The van der Waals surface area contributed by atoms with E-state index in [9.17, 15) is 4.79 Å². The van der Waals surface area contributed by atoms with Gasteiger partial charge in [0.1, 0.15) is 12.4 Å². The van der Waals surface area contributed by atoms with E-state index in [0.717, 1.165) is 11.5 Å². The van der Waals surface area contributed by atoms with Gasteiger partial charge in [-0.2, -0.15) is 0 Å². The SMILES string of the molecule is CC(C)(C)NC(=O)OCCN(Cc1ncc[nH]1)c1ccccc1. The van der Waals surface area contributed by atoms with E-state index in [1.807, 2.05) is 51.1 Å². The van der Waals surface area contributed by atoms with Crippen LogP contribution in [0.15, 0.2) is 42.7 Å². The predicted octanol–water partition coefficient (Wildman–Crippen LogP) is 2.94. The first-order valence-corrected chi connectivity index (χ1v) is 7.67. The zero-order valence-corrected chi connectivity index (χ0v) is 13.9. The quantitative estimate of drug-likeness (QED) is 0.859. The molecule has 6 nitrogen and oxygen atoms in total. The van der Waals surface area contributed by atoms with E-state index in [4.69, 9.17) is 4.74 Å². The Morgan fingerprint density at radius 1 is 1.30 bits per heavy atom. The summed E-state index contributed by atoms with van der Waals surface area (Å²) in [6, 6.07) is 9.99. The van der Waals surface area contributed by atoms with Crippen molar-refractivity contribution < 1.29 is 9.53 Å². The molecule has 0 radical (unpaired) electrons. The summed E-state index contributed by atoms with van der Waals surface area (Å²) in [5, 5.41) is 2.78. The highest BCUT2D eigenvalue weighted by Crippen LogP contribution is 2.15. The lowest BCUT2D eigenvalue weighted by Crippen LogP contribution is -2.41. The van der Waals surface area contributed by atoms with E-state index < -0.39 is 6.09 Å². The minimum Gasteiger partial charge on any atom is -0.448 e. The summed E-state index contributed by atoms with van der Waals surface area (Å²) in [5.74, 6) is 0.869. The fourth-order valence-corrected chi connectivity index (χ4v) is 2.09. The van der Waals surface area contributed by atoms with Crippen LogP contribution >= 0.6 is 0 Å². The third-order valence-corrected chi connectivity index (χ3v) is 3.09. The number of imidazole rings is 1. The molecule has 0 aliphatic rings. The van der Waals surface area contributed by atoms with Crippen LogP contribution < -0.4 is 10.2 Å². The second-order valence-electron chi connectivity index (χ2n) is 6.30. The number of rotatable bonds is 6. The number of para-hydroxylation sites is 1. The Morgan fingerprint density at radius 2 is 2.04 bits per heavy atom. The average molecular weight is 316 g/mol. The first-order valence-electron chi connectivity index (χ1n) is 7.67. The largest absolute Gasteiger partial charge is 0.448 e. The molecule has 1 amide bonds. The smallest absolute Gasteiger partial charge is 0.407 e. The normalized spacial score (nSPS) is 11.1. The number of aromatic amines is 1. The molecule has 124 valence electrons. The number of anilines is 1. The van der Waals surface area contributed by atoms with Crippen molar-refractivity contribution in [2.75, 3.05) is 18.1 Å². The van der Waals surface area contributed by atoms with Gasteiger partial charge in [-0.3, -0.25) is 0 Å². The fourth-order valence-electron chi connectivity index (χ4n) is 2.09. The van der Waals surface area contributed by atoms with Crippen LogP contribution in [0.2, 0.25) is 0 Å². The van der Waals surface area contributed by atoms with Crippen LogP contribution in [0.4, 0.5) is 10.5 Å². The van der Waals surface area contributed by atoms with Gasteiger partial charge in [0.15, 0.2) is 0 Å². The van der Waals surface area contributed by atoms with Crippen LogP contribution in [0, 0.1) is 0 Å². The molecule has 0 saturated carbocycles. The summed E-state index contributed by atoms with van der Waals surface area (Å²) in [6.45, 7) is 7.27. The van der Waals surface area contributed by atoms with Crippen LogP contribution in [-0.4, -0.2) is 34.8 Å². The number of H-pyrrole nitrogens is 1. The lowest BCUT2D eigenvalue weighted by atomic mass is 10.1. The zero-order chi connectivity index (χ0) is 16.7. The van der Waals surface area contributed by atoms with Gasteiger partial charge < -0.3 is 19.9 Å². The van der Waals surface area contributed by atoms with Crippen molar-refractivity contribution in [1.29, 1.82) is 0 Å². The van der Waals surface area contributed by atoms with Crippen LogP contribution in [-0.2, 0) is 11.3 Å². The van der Waals surface area contributed by atoms with E-state index in [1.54, 1.807) is 12.4 Å². The first kappa shape index (κ1) is 16.9. The monoisotopic (exact) mass is 316 g/mol. The van der Waals surface area contributed by atoms with Gasteiger partial charge in [-0.1, -0.05) is 18.2 Å². The molecule has 0 unspecified atom stereocenters. The maximum atomic E-state index is 11.7. The highest BCUT2D eigenvalue weighted by atomic mass is 16.5. The van der Waals surface area contributed by atoms with Gasteiger partial charge in [0.2, 0.25) is 0 Å². The summed E-state index contributed by atoms with van der Waals surface area (Å²) >= 11 is 0. The summed E-state index contributed by atoms with van der Waals surface area (Å²) in [6.07, 6.45) is 3.13. The second-order valence-corrected chi connectivity index (χ2v) is 6.30. The molecule has 0 atom stereocenters. The third-order valence-electron chi connectivity index (χ3n) is 3.09. The van der Waals surface area contributed by atoms with E-state index in [0.29, 0.717) is 19.7 Å². The van der Waals surface area contributed by atoms with Crippen LogP contribution in [0.1, 0.15) is 26.6 Å². The van der Waals surface area contributed by atoms with Crippen molar-refractivity contribution in [2.45, 2.75) is 32.9 Å². The van der Waals surface area contributed by atoms with Crippen molar-refractivity contribution in [3.05, 3.63) is 48.5 Å². The minimum atomic E-state index is -0.400. The number of hydrogen-bond acceptors (Lipinski definition) is 4. The lowest BCUT2D eigenvalue weighted by molar-refractivity contribution is 0.140. The molecule has 0 spiro atoms. The van der Waals surface area contributed by atoms with Gasteiger partial charge in [-0.25, -0.2) is 9.78 Å². The average Bonchev–Trinajstić information content (AvgIpc) is 2.98. The number of hydrogen-bond donors (Lipinski definition) is 2. The van der Waals surface area contributed by atoms with Crippen LogP contribution in [0.25, 0.3) is 0 Å². The number of ether oxygens (including phenoxy) is 1. The molecule has 0 aliphatic carbocycles. The zero-order valence-electron chi connectivity index (χ0n) is 13.9. The Labute approximate surface area is 136 Å². The molecule has 0 saturated heterocycles. The Hall–Kier alpha value is -2.50. The lowest BCUT2D eigenvalue weighted by Gasteiger charge is -2.24. The first-order chi connectivity index (χ1) is 10.9. The highest BCUT2D eigenvalue weighted by molar-refractivity contribution is 5.68. The van der Waals surface area contributed by atoms with E-state index in [2.05, 4.69) is 20.2 Å². The van der Waals surface area contributed by atoms with E-state index >= 15 is 0 Å². The number of amides is 1. The van der Waals surface area contributed by atoms with Crippen molar-refractivity contribution in [3.8, 4) is 0 Å². The van der Waals surface area contributed by atoms with Gasteiger partial charge in [-0.15, -0.1) is 0 Å². The van der Waals surface area contributed by atoms with Gasteiger partial charge >= 0.3 is 6.09 Å². The fraction of sp³-hybridized carbons (Fsp3) is 0.412. The van der Waals surface area contributed by atoms with Gasteiger partial charge in [-0.05, 0) is 32.9 Å². The summed E-state index contributed by atoms with van der Waals surface area (Å²) in [4.78, 5) is 21.2. The Bertz CT molecular complexity index is 591. The molecule has 0 fully saturated rings. The number of nitrogens with one attached hydrogen (secondary N) is 2. The van der Waals surface area contributed by atoms with Gasteiger partial charge in [0, 0.05) is 23.6 Å². The molecule has 2 N–H and O–H groups in total. The number of alkyl carbamates (subject to hydrolysis) is 1. The molecule has 23 heavy (non-hydrogen) atoms. The second kappa shape index (κ2) is 7.67. The topological polar surface area (TPSA) is 70.2 Å². The molecule has 1 aromatic heterocycles. The van der Waals surface area contributed by atoms with Crippen molar-refractivity contribution >= 4 is 11.8 Å². The summed E-state index contributed by atoms with van der Waals surface area (Å²) < 4.78 is 5.27. The molecule has 0 bridgehead atoms. The predicted molar refractivity (Wildman–Crippen MR) is 90.3 cm³/mol. The van der Waals surface area contributed by atoms with Crippen molar-refractivity contribution in [1.82, 2.24) is 15.3 Å². The summed E-state index contributed by atoms with van der Waals surface area (Å²) in [7, 11) is 0. The molecule has 1 aromatic carbocycles. The van der Waals surface area contributed by atoms with Crippen LogP contribution in [0.3, 0.4) is 0 Å². The van der Waals surface area contributed by atoms with Crippen molar-refractivity contribution in [3.63, 3.8) is 0 Å². The van der Waals surface area contributed by atoms with Crippen molar-refractivity contribution in [2.24, 2.45) is 0 Å². The molecule has 6 heteroatoms. The Morgan fingerprint density at radius 3 is 2.65 bits per heavy atom. The Balaban J connectivity index is 1.92. The van der Waals surface area contributed by atoms with Gasteiger partial charge in [0.25, 0.3) is 0 Å². The molecule has 2 rings (SSSR count). The van der Waals surface area contributed by atoms with E-state index in [1.165, 1.54) is 0 Å². The molecule has 2 aromatic rings. The van der Waals surface area contributed by atoms with Gasteiger partial charge in [0.05, 0.1) is 13.1 Å². The van der Waals surface area contributed by atoms with E-state index in [-0.39, 0.29) is 5.54 Å². The minimum absolute atomic E-state index is 0.301. The number of nitrogens with zero attached hydrogens (tertiary/aromatic N) is 2. The maximum Gasteiger partial charge on any atom is 0.407 e. The Kier molecular flexibility index (Phi) is 5.62.